The smallest absolute Gasteiger partial charge is 0.271 e. The van der Waals surface area contributed by atoms with Crippen LogP contribution in [0.25, 0.3) is 0 Å². The van der Waals surface area contributed by atoms with Gasteiger partial charge in [-0.15, -0.1) is 11.3 Å². The van der Waals surface area contributed by atoms with Crippen molar-refractivity contribution in [2.24, 2.45) is 5.84 Å². The summed E-state index contributed by atoms with van der Waals surface area (Å²) in [5.41, 5.74) is 2.40. The first-order valence-corrected chi connectivity index (χ1v) is 7.10. The average Bonchev–Trinajstić information content (AvgIpc) is 2.76. The van der Waals surface area contributed by atoms with Gasteiger partial charge in [-0.25, -0.2) is 5.43 Å². The Hall–Kier alpha value is -0.710. The number of aromatic nitrogens is 1. The summed E-state index contributed by atoms with van der Waals surface area (Å²) in [4.78, 5) is 3.77. The van der Waals surface area contributed by atoms with E-state index < -0.39 is 17.8 Å². The topological polar surface area (TPSA) is 50.9 Å². The van der Waals surface area contributed by atoms with Crippen LogP contribution in [0.3, 0.4) is 0 Å². The fraction of sp³-hybridized carbons (Fsp3) is 0.182. The first-order chi connectivity index (χ1) is 8.93. The molecule has 2 heterocycles. The zero-order chi connectivity index (χ0) is 14.0. The van der Waals surface area contributed by atoms with Gasteiger partial charge in [-0.1, -0.05) is 0 Å². The molecule has 0 saturated heterocycles. The third-order valence-electron chi connectivity index (χ3n) is 2.56. The fourth-order valence-corrected chi connectivity index (χ4v) is 3.13. The molecule has 3 N–H and O–H groups in total. The van der Waals surface area contributed by atoms with E-state index in [0.29, 0.717) is 5.56 Å². The van der Waals surface area contributed by atoms with Crippen LogP contribution in [0, 0.1) is 2.88 Å². The van der Waals surface area contributed by atoms with E-state index in [-0.39, 0.29) is 5.56 Å². The lowest BCUT2D eigenvalue weighted by Crippen LogP contribution is -2.30. The van der Waals surface area contributed by atoms with Crippen molar-refractivity contribution in [3.63, 3.8) is 0 Å². The molecule has 0 aromatic carbocycles. The number of hydrogen-bond acceptors (Lipinski definition) is 4. The largest absolute Gasteiger partial charge is 0.416 e. The maximum absolute atomic E-state index is 13.0. The molecule has 1 unspecified atom stereocenters. The van der Waals surface area contributed by atoms with Crippen LogP contribution in [-0.4, -0.2) is 4.98 Å². The molecule has 2 aromatic heterocycles. The second kappa shape index (κ2) is 5.73. The Labute approximate surface area is 125 Å². The van der Waals surface area contributed by atoms with Gasteiger partial charge >= 0.3 is 6.18 Å². The Morgan fingerprint density at radius 2 is 2.16 bits per heavy atom. The van der Waals surface area contributed by atoms with E-state index in [1.54, 1.807) is 11.4 Å². The second-order valence-corrected chi connectivity index (χ2v) is 6.55. The highest BCUT2D eigenvalue weighted by molar-refractivity contribution is 14.1. The SMILES string of the molecule is NNC(c1csc(I)c1)c1cnccc1C(F)(F)F. The van der Waals surface area contributed by atoms with Gasteiger partial charge < -0.3 is 0 Å². The summed E-state index contributed by atoms with van der Waals surface area (Å²) in [7, 11) is 0. The summed E-state index contributed by atoms with van der Waals surface area (Å²) in [6.07, 6.45) is -2.12. The second-order valence-electron chi connectivity index (χ2n) is 3.74. The highest BCUT2D eigenvalue weighted by Gasteiger charge is 2.35. The van der Waals surface area contributed by atoms with Gasteiger partial charge in [0.25, 0.3) is 0 Å². The van der Waals surface area contributed by atoms with Crippen molar-refractivity contribution in [2.45, 2.75) is 12.2 Å². The Bertz CT molecular complexity index is 570. The standard InChI is InChI=1S/C11H9F3IN3S/c12-11(13,14)8-1-2-17-4-7(8)10(18-16)6-3-9(15)19-5-6/h1-5,10,18H,16H2. The summed E-state index contributed by atoms with van der Waals surface area (Å²) < 4.78 is 39.9. The average molecular weight is 399 g/mol. The summed E-state index contributed by atoms with van der Waals surface area (Å²) >= 11 is 3.55. The molecule has 0 saturated carbocycles. The van der Waals surface area contributed by atoms with E-state index in [1.807, 2.05) is 0 Å². The minimum Gasteiger partial charge on any atom is -0.271 e. The van der Waals surface area contributed by atoms with Crippen molar-refractivity contribution in [3.8, 4) is 0 Å². The van der Waals surface area contributed by atoms with E-state index in [9.17, 15) is 13.2 Å². The van der Waals surface area contributed by atoms with Crippen LogP contribution in [0.5, 0.6) is 0 Å². The lowest BCUT2D eigenvalue weighted by Gasteiger charge is -2.19. The number of thiophene rings is 1. The number of nitrogens with zero attached hydrogens (tertiary/aromatic N) is 1. The quantitative estimate of drug-likeness (QED) is 0.473. The van der Waals surface area contributed by atoms with Crippen LogP contribution >= 0.6 is 33.9 Å². The summed E-state index contributed by atoms with van der Waals surface area (Å²) in [6, 6.07) is 2.02. The maximum atomic E-state index is 13.0. The lowest BCUT2D eigenvalue weighted by atomic mass is 9.98. The van der Waals surface area contributed by atoms with E-state index in [2.05, 4.69) is 33.0 Å². The van der Waals surface area contributed by atoms with E-state index in [1.165, 1.54) is 17.5 Å². The Morgan fingerprint density at radius 1 is 1.42 bits per heavy atom. The van der Waals surface area contributed by atoms with E-state index in [4.69, 9.17) is 5.84 Å². The zero-order valence-electron chi connectivity index (χ0n) is 9.41. The molecule has 0 amide bonds. The normalized spacial score (nSPS) is 13.5. The molecule has 0 aliphatic heterocycles. The van der Waals surface area contributed by atoms with Crippen LogP contribution in [-0.2, 0) is 6.18 Å². The highest BCUT2D eigenvalue weighted by atomic mass is 127. The number of hydrazine groups is 1. The third-order valence-corrected chi connectivity index (χ3v) is 4.36. The molecule has 0 bridgehead atoms. The summed E-state index contributed by atoms with van der Waals surface area (Å²) in [6.45, 7) is 0. The number of nitrogens with one attached hydrogen (secondary N) is 1. The summed E-state index contributed by atoms with van der Waals surface area (Å²) in [5.74, 6) is 5.42. The molecular formula is C11H9F3IN3S. The van der Waals surface area contributed by atoms with Crippen molar-refractivity contribution in [1.29, 1.82) is 0 Å². The number of rotatable bonds is 3. The van der Waals surface area contributed by atoms with Crippen LogP contribution in [0.15, 0.2) is 29.9 Å². The van der Waals surface area contributed by atoms with Gasteiger partial charge in [0.2, 0.25) is 0 Å². The lowest BCUT2D eigenvalue weighted by molar-refractivity contribution is -0.138. The number of nitrogens with two attached hydrogens (primary N) is 1. The third kappa shape index (κ3) is 3.25. The molecule has 0 radical (unpaired) electrons. The van der Waals surface area contributed by atoms with Gasteiger partial charge in [0.05, 0.1) is 14.5 Å². The fourth-order valence-electron chi connectivity index (χ4n) is 1.74. The van der Waals surface area contributed by atoms with Crippen molar-refractivity contribution in [1.82, 2.24) is 10.4 Å². The molecular weight excluding hydrogens is 390 g/mol. The zero-order valence-corrected chi connectivity index (χ0v) is 12.4. The number of alkyl halides is 3. The molecule has 19 heavy (non-hydrogen) atoms. The van der Waals surface area contributed by atoms with Gasteiger partial charge in [0, 0.05) is 18.0 Å². The highest BCUT2D eigenvalue weighted by Crippen LogP contribution is 2.36. The molecule has 0 aliphatic rings. The van der Waals surface area contributed by atoms with Gasteiger partial charge in [-0.05, 0) is 45.7 Å². The van der Waals surface area contributed by atoms with Crippen LogP contribution in [0.2, 0.25) is 0 Å². The van der Waals surface area contributed by atoms with Crippen LogP contribution in [0.1, 0.15) is 22.7 Å². The monoisotopic (exact) mass is 399 g/mol. The van der Waals surface area contributed by atoms with Gasteiger partial charge in [-0.2, -0.15) is 13.2 Å². The molecule has 0 spiro atoms. The molecule has 8 heteroatoms. The van der Waals surface area contributed by atoms with Gasteiger partial charge in [0.1, 0.15) is 0 Å². The Balaban J connectivity index is 2.50. The number of pyridine rings is 1. The maximum Gasteiger partial charge on any atom is 0.416 e. The first-order valence-electron chi connectivity index (χ1n) is 5.14. The predicted molar refractivity (Wildman–Crippen MR) is 75.4 cm³/mol. The van der Waals surface area contributed by atoms with Gasteiger partial charge in [-0.3, -0.25) is 10.8 Å². The van der Waals surface area contributed by atoms with Crippen molar-refractivity contribution >= 4 is 33.9 Å². The number of hydrogen-bond donors (Lipinski definition) is 2. The molecule has 2 aromatic rings. The van der Waals surface area contributed by atoms with Crippen molar-refractivity contribution < 1.29 is 13.2 Å². The Morgan fingerprint density at radius 3 is 2.68 bits per heavy atom. The molecule has 2 rings (SSSR count). The van der Waals surface area contributed by atoms with Crippen LogP contribution < -0.4 is 11.3 Å². The van der Waals surface area contributed by atoms with E-state index >= 15 is 0 Å². The van der Waals surface area contributed by atoms with Crippen molar-refractivity contribution in [3.05, 3.63) is 49.5 Å². The van der Waals surface area contributed by atoms with Crippen LogP contribution in [0.4, 0.5) is 13.2 Å². The summed E-state index contributed by atoms with van der Waals surface area (Å²) in [5, 5.41) is 1.78. The molecule has 102 valence electrons. The van der Waals surface area contributed by atoms with Crippen molar-refractivity contribution in [2.75, 3.05) is 0 Å². The minimum absolute atomic E-state index is 0.0201. The minimum atomic E-state index is -4.43. The van der Waals surface area contributed by atoms with E-state index in [0.717, 1.165) is 15.1 Å². The molecule has 0 fully saturated rings. The number of halogens is 4. The van der Waals surface area contributed by atoms with Gasteiger partial charge in [0.15, 0.2) is 0 Å². The predicted octanol–water partition coefficient (Wildman–Crippen LogP) is 3.32. The molecule has 3 nitrogen and oxygen atoms in total. The Kier molecular flexibility index (Phi) is 4.43. The molecule has 0 aliphatic carbocycles. The molecule has 1 atom stereocenters. The first kappa shape index (κ1) is 14.7.